The van der Waals surface area contributed by atoms with Gasteiger partial charge >= 0.3 is 39.5 Å². The minimum absolute atomic E-state index is 0.0841. The first-order valence-corrected chi connectivity index (χ1v) is 45.7. The van der Waals surface area contributed by atoms with Crippen molar-refractivity contribution in [2.45, 2.75) is 433 Å². The van der Waals surface area contributed by atoms with Gasteiger partial charge in [-0.05, 0) is 69.1 Å². The van der Waals surface area contributed by atoms with Gasteiger partial charge in [-0.2, -0.15) is 0 Å². The number of phosphoric ester groups is 2. The van der Waals surface area contributed by atoms with Gasteiger partial charge in [0.1, 0.15) is 19.3 Å². The van der Waals surface area contributed by atoms with Crippen molar-refractivity contribution in [2.75, 3.05) is 39.6 Å². The monoisotopic (exact) mass is 1500 g/mol. The van der Waals surface area contributed by atoms with Gasteiger partial charge in [-0.1, -0.05) is 362 Å². The third kappa shape index (κ3) is 74.8. The smallest absolute Gasteiger partial charge is 0.462 e. The second-order valence-corrected chi connectivity index (χ2v) is 33.4. The third-order valence-corrected chi connectivity index (χ3v) is 21.6. The van der Waals surface area contributed by atoms with E-state index in [1.54, 1.807) is 0 Å². The van der Waals surface area contributed by atoms with Crippen LogP contribution in [0.3, 0.4) is 0 Å². The lowest BCUT2D eigenvalue weighted by Crippen LogP contribution is -2.30. The van der Waals surface area contributed by atoms with E-state index in [1.807, 2.05) is 0 Å². The molecule has 0 radical (unpaired) electrons. The Labute approximate surface area is 631 Å². The number of ether oxygens (including phenoxy) is 4. The van der Waals surface area contributed by atoms with Crippen LogP contribution in [0.2, 0.25) is 0 Å². The first-order chi connectivity index (χ1) is 49.8. The van der Waals surface area contributed by atoms with Gasteiger partial charge in [0.05, 0.1) is 26.4 Å². The van der Waals surface area contributed by atoms with Gasteiger partial charge in [0.25, 0.3) is 0 Å². The van der Waals surface area contributed by atoms with Crippen LogP contribution >= 0.6 is 15.6 Å². The summed E-state index contributed by atoms with van der Waals surface area (Å²) in [5, 5.41) is 10.7. The van der Waals surface area contributed by atoms with Crippen LogP contribution in [0, 0.1) is 17.8 Å². The number of phosphoric acid groups is 2. The molecule has 0 aromatic carbocycles. The summed E-state index contributed by atoms with van der Waals surface area (Å²) in [7, 11) is -9.94. The molecule has 17 nitrogen and oxygen atoms in total. The van der Waals surface area contributed by atoms with Gasteiger partial charge in [0.15, 0.2) is 12.2 Å². The Balaban J connectivity index is 5.24. The summed E-state index contributed by atoms with van der Waals surface area (Å²) in [6, 6.07) is 0. The highest BCUT2D eigenvalue weighted by atomic mass is 31.2. The molecule has 0 aromatic rings. The highest BCUT2D eigenvalue weighted by Crippen LogP contribution is 2.45. The average Bonchev–Trinajstić information content (AvgIpc) is 0.916. The van der Waals surface area contributed by atoms with E-state index in [2.05, 4.69) is 72.8 Å². The summed E-state index contributed by atoms with van der Waals surface area (Å²) in [6.45, 7) is 11.9. The highest BCUT2D eigenvalue weighted by Gasteiger charge is 2.30. The van der Waals surface area contributed by atoms with E-state index in [4.69, 9.17) is 37.0 Å². The Kier molecular flexibility index (Phi) is 71.9. The van der Waals surface area contributed by atoms with Gasteiger partial charge in [-0.15, -0.1) is 0 Å². The first kappa shape index (κ1) is 101. The normalized spacial score (nSPS) is 14.6. The maximum absolute atomic E-state index is 13.1. The van der Waals surface area contributed by atoms with E-state index in [9.17, 15) is 43.2 Å². The van der Waals surface area contributed by atoms with E-state index in [0.717, 1.165) is 127 Å². The second kappa shape index (κ2) is 73.7. The number of unbranched alkanes of at least 4 members (excludes halogenated alkanes) is 43. The van der Waals surface area contributed by atoms with Gasteiger partial charge in [0, 0.05) is 25.7 Å². The predicted octanol–water partition coefficient (Wildman–Crippen LogP) is 24.9. The third-order valence-electron chi connectivity index (χ3n) is 19.7. The minimum Gasteiger partial charge on any atom is -0.462 e. The Morgan fingerprint density at radius 3 is 0.864 bits per heavy atom. The van der Waals surface area contributed by atoms with Crippen molar-refractivity contribution in [3.8, 4) is 0 Å². The first-order valence-electron chi connectivity index (χ1n) is 42.7. The Morgan fingerprint density at radius 1 is 0.320 bits per heavy atom. The zero-order valence-corrected chi connectivity index (χ0v) is 69.1. The summed E-state index contributed by atoms with van der Waals surface area (Å²) >= 11 is 0. The molecule has 7 atom stereocenters. The fourth-order valence-corrected chi connectivity index (χ4v) is 14.0. The molecule has 19 heteroatoms. The maximum Gasteiger partial charge on any atom is 0.472 e. The standard InChI is InChI=1S/C84H160O17P2/c1-8-11-12-13-14-15-16-17-22-29-34-39-44-53-60-67-84(89)101-80(72-95-82(87)66-59-52-47-46-50-57-64-77(7)10-3)74-99-103(92,93)97-70-78(85)69-96-102(90,91)98-73-79(100-83(88)68-61-54-45-40-35-30-25-26-31-36-41-48-55-62-75(4)5)71-94-81(86)65-58-51-43-38-33-28-24-21-19-18-20-23-27-32-37-42-49-56-63-76(6)9-2/h15-17,22,75-80,85H,8-14,18-21,23-74H2,1-7H3,(H,90,91)(H,92,93)/b16-15-,22-17-/t76?,77?,78-,79-,80-/m1/s1. The lowest BCUT2D eigenvalue weighted by molar-refractivity contribution is -0.161. The van der Waals surface area contributed by atoms with E-state index < -0.39 is 97.5 Å². The number of allylic oxidation sites excluding steroid dienone is 4. The van der Waals surface area contributed by atoms with Crippen LogP contribution in [0.15, 0.2) is 24.3 Å². The quantitative estimate of drug-likeness (QED) is 0.0169. The minimum atomic E-state index is -4.97. The average molecular weight is 1500 g/mol. The van der Waals surface area contributed by atoms with Crippen LogP contribution in [-0.2, 0) is 65.4 Å². The number of aliphatic hydroxyl groups is 1. The number of rotatable bonds is 80. The van der Waals surface area contributed by atoms with Crippen LogP contribution in [-0.4, -0.2) is 96.7 Å². The van der Waals surface area contributed by atoms with E-state index in [0.29, 0.717) is 25.7 Å². The molecule has 0 aliphatic heterocycles. The van der Waals surface area contributed by atoms with Crippen molar-refractivity contribution in [3.05, 3.63) is 24.3 Å². The van der Waals surface area contributed by atoms with E-state index >= 15 is 0 Å². The molecule has 0 aliphatic carbocycles. The Morgan fingerprint density at radius 2 is 0.573 bits per heavy atom. The molecule has 0 aliphatic rings. The Bertz CT molecular complexity index is 2090. The molecule has 0 heterocycles. The molecule has 608 valence electrons. The van der Waals surface area contributed by atoms with Gasteiger partial charge in [-0.3, -0.25) is 37.3 Å². The summed E-state index contributed by atoms with van der Waals surface area (Å²) in [6.07, 6.45) is 66.1. The van der Waals surface area contributed by atoms with Crippen LogP contribution in [0.1, 0.15) is 414 Å². The van der Waals surface area contributed by atoms with Crippen molar-refractivity contribution in [1.29, 1.82) is 0 Å². The fourth-order valence-electron chi connectivity index (χ4n) is 12.4. The van der Waals surface area contributed by atoms with E-state index in [-0.39, 0.29) is 25.7 Å². The lowest BCUT2D eigenvalue weighted by Gasteiger charge is -2.21. The topological polar surface area (TPSA) is 237 Å². The van der Waals surface area contributed by atoms with Crippen molar-refractivity contribution in [3.63, 3.8) is 0 Å². The number of carbonyl (C=O) groups is 4. The molecule has 0 amide bonds. The fraction of sp³-hybridized carbons (Fsp3) is 0.905. The summed E-state index contributed by atoms with van der Waals surface area (Å²) in [4.78, 5) is 73.1. The molecule has 0 bridgehead atoms. The van der Waals surface area contributed by atoms with Crippen LogP contribution in [0.4, 0.5) is 0 Å². The molecule has 0 fully saturated rings. The molecule has 0 saturated heterocycles. The largest absolute Gasteiger partial charge is 0.472 e. The number of aliphatic hydroxyl groups excluding tert-OH is 1. The number of carbonyl (C=O) groups excluding carboxylic acids is 4. The lowest BCUT2D eigenvalue weighted by atomic mass is 9.99. The van der Waals surface area contributed by atoms with Crippen LogP contribution < -0.4 is 0 Å². The van der Waals surface area contributed by atoms with Crippen molar-refractivity contribution < 1.29 is 80.2 Å². The van der Waals surface area contributed by atoms with Crippen LogP contribution in [0.5, 0.6) is 0 Å². The molecule has 3 N–H and O–H groups in total. The molecular formula is C84H160O17P2. The summed E-state index contributed by atoms with van der Waals surface area (Å²) in [5.41, 5.74) is 0. The molecule has 103 heavy (non-hydrogen) atoms. The van der Waals surface area contributed by atoms with Crippen molar-refractivity contribution in [1.82, 2.24) is 0 Å². The van der Waals surface area contributed by atoms with Crippen molar-refractivity contribution in [2.24, 2.45) is 17.8 Å². The molecule has 4 unspecified atom stereocenters. The summed E-state index contributed by atoms with van der Waals surface area (Å²) in [5.74, 6) is 0.245. The number of hydrogen-bond donors (Lipinski definition) is 3. The molecule has 0 spiro atoms. The maximum atomic E-state index is 13.1. The molecular weight excluding hydrogens is 1340 g/mol. The predicted molar refractivity (Wildman–Crippen MR) is 423 cm³/mol. The Hall–Kier alpha value is -2.46. The highest BCUT2D eigenvalue weighted by molar-refractivity contribution is 7.47. The van der Waals surface area contributed by atoms with Crippen LogP contribution in [0.25, 0.3) is 0 Å². The zero-order valence-electron chi connectivity index (χ0n) is 67.3. The number of hydrogen-bond acceptors (Lipinski definition) is 15. The molecule has 0 rings (SSSR count). The summed E-state index contributed by atoms with van der Waals surface area (Å²) < 4.78 is 68.7. The second-order valence-electron chi connectivity index (χ2n) is 30.5. The van der Waals surface area contributed by atoms with Crippen molar-refractivity contribution >= 4 is 39.5 Å². The SMILES string of the molecule is CCCCCC/C=C\C=C/CCCCCCCC(=O)O[C@H](COC(=O)CCCCCCCCC(C)CC)COP(=O)(O)OC[C@H](O)COP(=O)(O)OC[C@@H](COC(=O)CCCCCCCCCCCCCCCCCCCCC(C)CC)OC(=O)CCCCCCCCCCCCCCCC(C)C. The molecule has 0 saturated carbocycles. The van der Waals surface area contributed by atoms with Gasteiger partial charge in [-0.25, -0.2) is 9.13 Å². The van der Waals surface area contributed by atoms with Gasteiger partial charge in [0.2, 0.25) is 0 Å². The van der Waals surface area contributed by atoms with Gasteiger partial charge < -0.3 is 33.8 Å². The number of esters is 4. The molecule has 0 aromatic heterocycles. The zero-order chi connectivity index (χ0) is 75.8. The van der Waals surface area contributed by atoms with E-state index in [1.165, 1.54) is 205 Å².